The van der Waals surface area contributed by atoms with Gasteiger partial charge in [0.1, 0.15) is 0 Å². The van der Waals surface area contributed by atoms with Crippen LogP contribution < -0.4 is 4.78 Å². The van der Waals surface area contributed by atoms with Crippen molar-refractivity contribution in [2.75, 3.05) is 0 Å². The number of thiophene rings is 1. The maximum Gasteiger partial charge on any atom is 0.505 e. The molecule has 1 saturated heterocycles. The van der Waals surface area contributed by atoms with Gasteiger partial charge in [0.05, 0.1) is 11.2 Å². The average Bonchev–Trinajstić information content (AvgIpc) is 2.76. The monoisotopic (exact) mass is 264 g/mol. The molecule has 18 heavy (non-hydrogen) atoms. The van der Waals surface area contributed by atoms with Crippen molar-refractivity contribution < 1.29 is 9.31 Å². The predicted octanol–water partition coefficient (Wildman–Crippen LogP) is 3.10. The van der Waals surface area contributed by atoms with Crippen molar-refractivity contribution >= 4 is 23.2 Å². The Labute approximate surface area is 114 Å². The zero-order valence-corrected chi connectivity index (χ0v) is 12.7. The highest BCUT2D eigenvalue weighted by atomic mass is 32.1. The third kappa shape index (κ3) is 1.86. The molecule has 98 valence electrons. The van der Waals surface area contributed by atoms with Crippen molar-refractivity contribution in [1.29, 1.82) is 0 Å². The van der Waals surface area contributed by atoms with Crippen LogP contribution >= 0.6 is 11.3 Å². The molecule has 0 N–H and O–H groups in total. The molecular weight excluding hydrogens is 243 g/mol. The molecule has 1 aliphatic carbocycles. The van der Waals surface area contributed by atoms with E-state index in [1.165, 1.54) is 22.5 Å². The van der Waals surface area contributed by atoms with E-state index in [0.717, 1.165) is 0 Å². The molecule has 0 aromatic carbocycles. The highest BCUT2D eigenvalue weighted by Crippen LogP contribution is 2.49. The Bertz CT molecular complexity index is 458. The van der Waals surface area contributed by atoms with Gasteiger partial charge in [0.25, 0.3) is 0 Å². The second-order valence-corrected chi connectivity index (χ2v) is 7.97. The third-order valence-electron chi connectivity index (χ3n) is 4.71. The molecule has 0 atom stereocenters. The zero-order valence-electron chi connectivity index (χ0n) is 11.9. The minimum absolute atomic E-state index is 0.198. The Balaban J connectivity index is 1.83. The molecule has 0 unspecified atom stereocenters. The van der Waals surface area contributed by atoms with Crippen LogP contribution in [0.3, 0.4) is 0 Å². The zero-order chi connectivity index (χ0) is 13.2. The molecule has 2 aliphatic rings. The lowest BCUT2D eigenvalue weighted by atomic mass is 9.88. The lowest BCUT2D eigenvalue weighted by Gasteiger charge is -2.32. The van der Waals surface area contributed by atoms with E-state index in [9.17, 15) is 0 Å². The summed E-state index contributed by atoms with van der Waals surface area (Å²) in [6.07, 6.45) is 2.63. The summed E-state index contributed by atoms with van der Waals surface area (Å²) in [7, 11) is -0.198. The van der Waals surface area contributed by atoms with E-state index < -0.39 is 0 Å². The molecule has 2 fully saturated rings. The second-order valence-electron chi connectivity index (χ2n) is 6.85. The molecule has 0 spiro atoms. The quantitative estimate of drug-likeness (QED) is 0.764. The van der Waals surface area contributed by atoms with E-state index in [1.807, 2.05) is 11.3 Å². The van der Waals surface area contributed by atoms with Gasteiger partial charge >= 0.3 is 7.12 Å². The van der Waals surface area contributed by atoms with Gasteiger partial charge in [-0.2, -0.15) is 0 Å². The first-order chi connectivity index (χ1) is 8.24. The topological polar surface area (TPSA) is 18.5 Å². The van der Waals surface area contributed by atoms with Crippen molar-refractivity contribution in [3.05, 3.63) is 17.0 Å². The van der Waals surface area contributed by atoms with E-state index in [2.05, 4.69) is 46.8 Å². The van der Waals surface area contributed by atoms with Gasteiger partial charge in [-0.3, -0.25) is 0 Å². The molecule has 0 radical (unpaired) electrons. The Morgan fingerprint density at radius 2 is 1.56 bits per heavy atom. The van der Waals surface area contributed by atoms with Crippen LogP contribution in [-0.2, 0) is 14.7 Å². The van der Waals surface area contributed by atoms with Gasteiger partial charge in [-0.05, 0) is 46.6 Å². The molecule has 1 aromatic rings. The van der Waals surface area contributed by atoms with Gasteiger partial charge in [0, 0.05) is 15.1 Å². The van der Waals surface area contributed by atoms with Crippen LogP contribution in [0.2, 0.25) is 0 Å². The van der Waals surface area contributed by atoms with Gasteiger partial charge in [-0.15, -0.1) is 11.3 Å². The lowest BCUT2D eigenvalue weighted by molar-refractivity contribution is 0.00578. The van der Waals surface area contributed by atoms with Crippen molar-refractivity contribution in [2.24, 2.45) is 0 Å². The number of hydrogen-bond donors (Lipinski definition) is 0. The number of hydrogen-bond acceptors (Lipinski definition) is 3. The first kappa shape index (κ1) is 12.7. The van der Waals surface area contributed by atoms with Gasteiger partial charge in [-0.1, -0.05) is 13.0 Å². The first-order valence-electron chi connectivity index (χ1n) is 6.69. The summed E-state index contributed by atoms with van der Waals surface area (Å²) in [6.45, 7) is 10.7. The normalized spacial score (nSPS) is 27.5. The van der Waals surface area contributed by atoms with E-state index in [-0.39, 0.29) is 18.3 Å². The largest absolute Gasteiger partial charge is 0.505 e. The van der Waals surface area contributed by atoms with Gasteiger partial charge in [-0.25, -0.2) is 0 Å². The van der Waals surface area contributed by atoms with Crippen LogP contribution in [-0.4, -0.2) is 18.3 Å². The van der Waals surface area contributed by atoms with Crippen molar-refractivity contribution in [3.63, 3.8) is 0 Å². The summed E-state index contributed by atoms with van der Waals surface area (Å²) < 4.78 is 13.4. The van der Waals surface area contributed by atoms with Crippen LogP contribution in [0.1, 0.15) is 52.3 Å². The Hall–Kier alpha value is -0.315. The Morgan fingerprint density at radius 3 is 2.06 bits per heavy atom. The summed E-state index contributed by atoms with van der Waals surface area (Å²) in [5, 5.41) is 0. The van der Waals surface area contributed by atoms with Gasteiger partial charge in [0.2, 0.25) is 0 Å². The van der Waals surface area contributed by atoms with E-state index in [1.54, 1.807) is 0 Å². The van der Waals surface area contributed by atoms with Gasteiger partial charge in [0.15, 0.2) is 0 Å². The average molecular weight is 264 g/mol. The standard InChI is InChI=1S/C14H21BO2S/c1-12(2)13(3,4)17-15(16-12)11-7-6-10(18-11)14(5)8-9-14/h6-7H,8-9H2,1-5H3. The minimum atomic E-state index is -0.245. The van der Waals surface area contributed by atoms with Crippen LogP contribution in [0.5, 0.6) is 0 Å². The summed E-state index contributed by atoms with van der Waals surface area (Å²) in [6, 6.07) is 4.42. The van der Waals surface area contributed by atoms with Crippen molar-refractivity contribution in [3.8, 4) is 0 Å². The molecule has 1 aromatic heterocycles. The summed E-state index contributed by atoms with van der Waals surface area (Å²) in [5.41, 5.74) is -0.0524. The van der Waals surface area contributed by atoms with Gasteiger partial charge < -0.3 is 9.31 Å². The van der Waals surface area contributed by atoms with E-state index >= 15 is 0 Å². The summed E-state index contributed by atoms with van der Waals surface area (Å²) in [5.74, 6) is 0. The summed E-state index contributed by atoms with van der Waals surface area (Å²) in [4.78, 5) is 1.48. The third-order valence-corrected chi connectivity index (χ3v) is 6.12. The van der Waals surface area contributed by atoms with Crippen molar-refractivity contribution in [2.45, 2.75) is 64.1 Å². The minimum Gasteiger partial charge on any atom is -0.399 e. The SMILES string of the molecule is CC1(c2ccc(B3OC(C)(C)C(C)(C)O3)s2)CC1. The molecule has 1 saturated carbocycles. The Kier molecular flexibility index (Phi) is 2.55. The highest BCUT2D eigenvalue weighted by Gasteiger charge is 2.52. The fourth-order valence-corrected chi connectivity index (χ4v) is 3.37. The summed E-state index contributed by atoms with van der Waals surface area (Å²) >= 11 is 1.85. The molecule has 3 rings (SSSR count). The molecule has 2 nitrogen and oxygen atoms in total. The second kappa shape index (κ2) is 3.62. The van der Waals surface area contributed by atoms with Crippen LogP contribution in [0, 0.1) is 0 Å². The van der Waals surface area contributed by atoms with Crippen molar-refractivity contribution in [1.82, 2.24) is 0 Å². The maximum absolute atomic E-state index is 6.08. The van der Waals surface area contributed by atoms with E-state index in [4.69, 9.17) is 9.31 Å². The number of rotatable bonds is 2. The fraction of sp³-hybridized carbons (Fsp3) is 0.714. The fourth-order valence-electron chi connectivity index (χ4n) is 2.20. The molecule has 2 heterocycles. The van der Waals surface area contributed by atoms with Crippen LogP contribution in [0.15, 0.2) is 12.1 Å². The molecule has 0 bridgehead atoms. The first-order valence-corrected chi connectivity index (χ1v) is 7.51. The lowest BCUT2D eigenvalue weighted by Crippen LogP contribution is -2.41. The Morgan fingerprint density at radius 1 is 1.00 bits per heavy atom. The molecular formula is C14H21BO2S. The molecule has 4 heteroatoms. The smallest absolute Gasteiger partial charge is 0.399 e. The molecule has 1 aliphatic heterocycles. The van der Waals surface area contributed by atoms with Crippen LogP contribution in [0.25, 0.3) is 0 Å². The maximum atomic E-state index is 6.08. The van der Waals surface area contributed by atoms with E-state index in [0.29, 0.717) is 5.41 Å². The van der Waals surface area contributed by atoms with Crippen LogP contribution in [0.4, 0.5) is 0 Å². The highest BCUT2D eigenvalue weighted by molar-refractivity contribution is 7.22. The molecule has 0 amide bonds. The predicted molar refractivity (Wildman–Crippen MR) is 76.6 cm³/mol.